The number of aromatic amines is 1. The SMILES string of the molecule is CC[C@]1(O)C[C@@H]2CN(CCc3c([nH]c4ccccc34)[C@@](C)(c3cc4c(cc3C)N(C)[C@H]3[C@@](C)(C(=O)OC)[C@H](OC(C)=O)[C@]5(CC)CCCN6CC[C@]43[C@@H]65)C2)C1. The summed E-state index contributed by atoms with van der Waals surface area (Å²) in [5.74, 6) is -0.325. The van der Waals surface area contributed by atoms with Crippen LogP contribution in [0, 0.1) is 23.7 Å². The number of fused-ring (bicyclic) bond motifs is 6. The van der Waals surface area contributed by atoms with Gasteiger partial charge in [-0.2, -0.15) is 0 Å². The normalized spacial score (nSPS) is 39.3. The second-order valence-electron chi connectivity index (χ2n) is 19.1. The molecule has 5 aliphatic heterocycles. The largest absolute Gasteiger partial charge is 0.468 e. The number of piperidine rings is 2. The lowest BCUT2D eigenvalue weighted by Crippen LogP contribution is -2.78. The molecule has 4 fully saturated rings. The van der Waals surface area contributed by atoms with Gasteiger partial charge in [0.25, 0.3) is 0 Å². The number of methoxy groups -OCH3 is 1. The highest BCUT2D eigenvalue weighted by Gasteiger charge is 2.79. The summed E-state index contributed by atoms with van der Waals surface area (Å²) >= 11 is 0. The number of hydrogen-bond acceptors (Lipinski definition) is 8. The van der Waals surface area contributed by atoms with E-state index in [2.05, 4.69) is 90.8 Å². The average molecular weight is 751 g/mol. The molecule has 6 heterocycles. The molecule has 9 rings (SSSR count). The number of anilines is 1. The minimum atomic E-state index is -1.11. The molecule has 2 aromatic carbocycles. The summed E-state index contributed by atoms with van der Waals surface area (Å²) in [5, 5.41) is 13.2. The summed E-state index contributed by atoms with van der Waals surface area (Å²) in [7, 11) is 3.65. The van der Waals surface area contributed by atoms with Crippen molar-refractivity contribution in [2.75, 3.05) is 51.8 Å². The number of aliphatic hydroxyl groups is 1. The summed E-state index contributed by atoms with van der Waals surface area (Å²) in [5.41, 5.74) is 5.98. The molecular weight excluding hydrogens is 689 g/mol. The Kier molecular flexibility index (Phi) is 8.49. The van der Waals surface area contributed by atoms with Gasteiger partial charge in [0, 0.05) is 78.2 Å². The maximum atomic E-state index is 14.6. The molecule has 1 unspecified atom stereocenters. The molecule has 3 aromatic rings. The first-order valence-electron chi connectivity index (χ1n) is 21.1. The van der Waals surface area contributed by atoms with Gasteiger partial charge in [-0.1, -0.05) is 38.1 Å². The van der Waals surface area contributed by atoms with Crippen LogP contribution in [0.3, 0.4) is 0 Å². The fourth-order valence-electron chi connectivity index (χ4n) is 14.5. The van der Waals surface area contributed by atoms with E-state index in [9.17, 15) is 14.7 Å². The Balaban J connectivity index is 1.30. The summed E-state index contributed by atoms with van der Waals surface area (Å²) in [6.07, 6.45) is 6.41. The third-order valence-electron chi connectivity index (χ3n) is 16.3. The Labute approximate surface area is 327 Å². The molecule has 6 aliphatic rings. The molecule has 2 bridgehead atoms. The van der Waals surface area contributed by atoms with E-state index in [1.165, 1.54) is 58.6 Å². The highest BCUT2D eigenvalue weighted by Crippen LogP contribution is 2.70. The van der Waals surface area contributed by atoms with Gasteiger partial charge in [0.2, 0.25) is 0 Å². The molecule has 55 heavy (non-hydrogen) atoms. The lowest BCUT2D eigenvalue weighted by Gasteiger charge is -2.66. The third-order valence-corrected chi connectivity index (χ3v) is 16.3. The average Bonchev–Trinajstić information content (AvgIpc) is 3.82. The van der Waals surface area contributed by atoms with Gasteiger partial charge in [0.15, 0.2) is 0 Å². The smallest absolute Gasteiger partial charge is 0.317 e. The number of H-pyrrole nitrogens is 1. The first-order chi connectivity index (χ1) is 26.2. The van der Waals surface area contributed by atoms with Crippen LogP contribution in [-0.4, -0.2) is 102 Å². The van der Waals surface area contributed by atoms with Crippen molar-refractivity contribution in [3.63, 3.8) is 0 Å². The molecule has 296 valence electrons. The molecule has 0 radical (unpaired) electrons. The molecule has 0 amide bonds. The number of nitrogens with one attached hydrogen (secondary N) is 1. The Morgan fingerprint density at radius 3 is 2.51 bits per heavy atom. The maximum Gasteiger partial charge on any atom is 0.317 e. The Hall–Kier alpha value is -3.40. The fourth-order valence-corrected chi connectivity index (χ4v) is 14.5. The number of carbonyl (C=O) groups excluding carboxylic acids is 2. The van der Waals surface area contributed by atoms with Gasteiger partial charge in [-0.05, 0) is 126 Å². The van der Waals surface area contributed by atoms with Crippen molar-refractivity contribution in [2.45, 2.75) is 128 Å². The number of aryl methyl sites for hydroxylation is 1. The number of likely N-dealkylation sites (N-methyl/N-ethyl adjacent to an activating group) is 1. The molecule has 1 aromatic heterocycles. The number of para-hydroxylation sites is 1. The van der Waals surface area contributed by atoms with Crippen LogP contribution in [0.5, 0.6) is 0 Å². The highest BCUT2D eigenvalue weighted by molar-refractivity contribution is 5.86. The molecule has 10 atom stereocenters. The first kappa shape index (κ1) is 37.2. The number of aromatic nitrogens is 1. The lowest BCUT2D eigenvalue weighted by molar-refractivity contribution is -0.217. The number of esters is 2. The number of rotatable bonds is 5. The molecule has 9 heteroatoms. The molecule has 2 N–H and O–H groups in total. The van der Waals surface area contributed by atoms with Crippen molar-refractivity contribution < 1.29 is 24.2 Å². The minimum Gasteiger partial charge on any atom is -0.468 e. The van der Waals surface area contributed by atoms with Crippen molar-refractivity contribution in [3.8, 4) is 0 Å². The quantitative estimate of drug-likeness (QED) is 0.281. The summed E-state index contributed by atoms with van der Waals surface area (Å²) in [4.78, 5) is 39.3. The van der Waals surface area contributed by atoms with E-state index in [0.717, 1.165) is 84.1 Å². The van der Waals surface area contributed by atoms with Crippen molar-refractivity contribution >= 4 is 28.5 Å². The van der Waals surface area contributed by atoms with Crippen LogP contribution in [0.1, 0.15) is 108 Å². The molecule has 3 saturated heterocycles. The van der Waals surface area contributed by atoms with Gasteiger partial charge in [0.05, 0.1) is 18.8 Å². The van der Waals surface area contributed by atoms with E-state index in [-0.39, 0.29) is 34.9 Å². The van der Waals surface area contributed by atoms with Gasteiger partial charge in [-0.25, -0.2) is 0 Å². The van der Waals surface area contributed by atoms with Gasteiger partial charge < -0.3 is 24.5 Å². The second-order valence-corrected chi connectivity index (χ2v) is 19.1. The monoisotopic (exact) mass is 750 g/mol. The van der Waals surface area contributed by atoms with Crippen molar-refractivity contribution in [2.24, 2.45) is 16.7 Å². The highest BCUT2D eigenvalue weighted by atomic mass is 16.6. The number of carbonyl (C=O) groups is 2. The van der Waals surface area contributed by atoms with Crippen LogP contribution in [0.25, 0.3) is 10.9 Å². The minimum absolute atomic E-state index is 0.105. The van der Waals surface area contributed by atoms with E-state index in [1.807, 2.05) is 6.92 Å². The van der Waals surface area contributed by atoms with Crippen molar-refractivity contribution in [1.29, 1.82) is 0 Å². The lowest BCUT2D eigenvalue weighted by atomic mass is 9.44. The summed E-state index contributed by atoms with van der Waals surface area (Å²) in [6, 6.07) is 13.6. The third kappa shape index (κ3) is 4.87. The molecule has 1 aliphatic carbocycles. The van der Waals surface area contributed by atoms with Crippen molar-refractivity contribution in [1.82, 2.24) is 14.8 Å². The number of nitrogens with zero attached hydrogens (tertiary/aromatic N) is 3. The summed E-state index contributed by atoms with van der Waals surface area (Å²) in [6.45, 7) is 17.2. The second kappa shape index (κ2) is 12.5. The first-order valence-corrected chi connectivity index (χ1v) is 21.1. The van der Waals surface area contributed by atoms with Gasteiger partial charge >= 0.3 is 11.9 Å². The molecule has 1 saturated carbocycles. The van der Waals surface area contributed by atoms with Crippen LogP contribution in [0.4, 0.5) is 5.69 Å². The van der Waals surface area contributed by atoms with Crippen LogP contribution in [0.15, 0.2) is 36.4 Å². The van der Waals surface area contributed by atoms with Crippen LogP contribution in [-0.2, 0) is 36.3 Å². The van der Waals surface area contributed by atoms with Gasteiger partial charge in [-0.3, -0.25) is 19.4 Å². The Morgan fingerprint density at radius 1 is 1.00 bits per heavy atom. The predicted molar refractivity (Wildman–Crippen MR) is 216 cm³/mol. The zero-order valence-corrected chi connectivity index (χ0v) is 34.4. The number of hydrogen-bond donors (Lipinski definition) is 2. The maximum absolute atomic E-state index is 14.6. The Bertz CT molecular complexity index is 2060. The van der Waals surface area contributed by atoms with E-state index in [1.54, 1.807) is 0 Å². The number of ether oxygens (including phenoxy) is 2. The topological polar surface area (TPSA) is 98.3 Å². The Morgan fingerprint density at radius 2 is 1.78 bits per heavy atom. The van der Waals surface area contributed by atoms with E-state index in [4.69, 9.17) is 9.47 Å². The van der Waals surface area contributed by atoms with E-state index >= 15 is 0 Å². The van der Waals surface area contributed by atoms with E-state index in [0.29, 0.717) is 5.92 Å². The van der Waals surface area contributed by atoms with Crippen LogP contribution >= 0.6 is 0 Å². The van der Waals surface area contributed by atoms with Crippen LogP contribution < -0.4 is 4.90 Å². The summed E-state index contributed by atoms with van der Waals surface area (Å²) < 4.78 is 12.2. The van der Waals surface area contributed by atoms with Gasteiger partial charge in [-0.15, -0.1) is 0 Å². The standard InChI is InChI=1S/C46H62N4O5/c1-9-44(53)25-30-24-42(5,37-32(16-20-49(26-30)27-44)31-14-11-12-15-35(31)47-37)33-23-34-36(22-28(33)3)48(7)38-43(6,41(52)54-8)40(55-29(4)51)45(10-2)17-13-19-50-21-18-46(34,38)39(45)50/h11-12,14-15,22-23,30,38-40,47,53H,9-10,13,16-21,24-27H2,1-8H3/t30-,38+,39+,40+,42-,43-,44+,45-,46+/m1/s1. The molecule has 9 nitrogen and oxygen atoms in total. The molecule has 1 spiro atoms. The van der Waals surface area contributed by atoms with E-state index < -0.39 is 22.5 Å². The van der Waals surface area contributed by atoms with Gasteiger partial charge in [0.1, 0.15) is 11.5 Å². The van der Waals surface area contributed by atoms with Crippen molar-refractivity contribution in [3.05, 3.63) is 64.3 Å². The zero-order chi connectivity index (χ0) is 38.9. The molecular formula is C46H62N4O5. The number of benzene rings is 2. The predicted octanol–water partition coefficient (Wildman–Crippen LogP) is 6.64. The fraction of sp³-hybridized carbons (Fsp3) is 0.652. The van der Waals surface area contributed by atoms with Crippen LogP contribution in [0.2, 0.25) is 0 Å². The zero-order valence-electron chi connectivity index (χ0n) is 34.4.